The highest BCUT2D eigenvalue weighted by molar-refractivity contribution is 6.17. The quantitative estimate of drug-likeness (QED) is 0.785. The molecular formula is C16H19ClN2. The molecule has 0 spiro atoms. The lowest BCUT2D eigenvalue weighted by Crippen LogP contribution is -2.23. The number of aromatic nitrogens is 2. The Hall–Kier alpha value is -1.41. The molecule has 0 fully saturated rings. The van der Waals surface area contributed by atoms with Crippen molar-refractivity contribution in [2.45, 2.75) is 38.5 Å². The van der Waals surface area contributed by atoms with Gasteiger partial charge in [-0.15, -0.1) is 11.6 Å². The molecule has 2 aromatic rings. The summed E-state index contributed by atoms with van der Waals surface area (Å²) in [6, 6.07) is 10.3. The Bertz CT molecular complexity index is 550. The number of rotatable bonds is 4. The lowest BCUT2D eigenvalue weighted by atomic mass is 9.83. The smallest absolute Gasteiger partial charge is 0.138 e. The summed E-state index contributed by atoms with van der Waals surface area (Å²) < 4.78 is 0. The van der Waals surface area contributed by atoms with Gasteiger partial charge in [0.25, 0.3) is 0 Å². The predicted octanol–water partition coefficient (Wildman–Crippen LogP) is 4.10. The van der Waals surface area contributed by atoms with Gasteiger partial charge in [0, 0.05) is 22.9 Å². The van der Waals surface area contributed by atoms with Crippen molar-refractivity contribution >= 4 is 11.6 Å². The zero-order valence-electron chi connectivity index (χ0n) is 11.7. The Morgan fingerprint density at radius 2 is 1.84 bits per heavy atom. The number of aryl methyl sites for hydroxylation is 1. The van der Waals surface area contributed by atoms with E-state index in [2.05, 4.69) is 37.9 Å². The van der Waals surface area contributed by atoms with Crippen molar-refractivity contribution in [2.75, 3.05) is 0 Å². The molecule has 1 heterocycles. The average molecular weight is 275 g/mol. The monoisotopic (exact) mass is 274 g/mol. The van der Waals surface area contributed by atoms with Crippen LogP contribution in [0, 0.1) is 0 Å². The van der Waals surface area contributed by atoms with Gasteiger partial charge in [-0.25, -0.2) is 9.97 Å². The van der Waals surface area contributed by atoms with E-state index in [1.54, 1.807) is 0 Å². The number of nitrogens with zero attached hydrogens (tertiary/aromatic N) is 2. The summed E-state index contributed by atoms with van der Waals surface area (Å²) in [5.41, 5.74) is 3.09. The Morgan fingerprint density at radius 3 is 2.42 bits per heavy atom. The molecule has 0 unspecified atom stereocenters. The Morgan fingerprint density at radius 1 is 1.16 bits per heavy atom. The van der Waals surface area contributed by atoms with Gasteiger partial charge in [0.15, 0.2) is 0 Å². The number of benzene rings is 1. The first-order valence-electron chi connectivity index (χ1n) is 6.56. The molecule has 3 heteroatoms. The van der Waals surface area contributed by atoms with E-state index < -0.39 is 0 Å². The molecule has 0 aliphatic heterocycles. The second-order valence-corrected chi connectivity index (χ2v) is 5.41. The first-order chi connectivity index (χ1) is 9.09. The summed E-state index contributed by atoms with van der Waals surface area (Å²) in [6.45, 7) is 6.40. The maximum absolute atomic E-state index is 5.91. The minimum absolute atomic E-state index is 0.198. The molecular weight excluding hydrogens is 256 g/mol. The summed E-state index contributed by atoms with van der Waals surface area (Å²) in [4.78, 5) is 9.23. The molecule has 1 aromatic carbocycles. The molecule has 0 radical (unpaired) electrons. The third-order valence-electron chi connectivity index (χ3n) is 3.49. The lowest BCUT2D eigenvalue weighted by Gasteiger charge is -2.24. The van der Waals surface area contributed by atoms with E-state index in [4.69, 9.17) is 16.6 Å². The summed E-state index contributed by atoms with van der Waals surface area (Å²) in [6.07, 6.45) is 2.74. The van der Waals surface area contributed by atoms with Crippen molar-refractivity contribution in [1.82, 2.24) is 9.97 Å². The topological polar surface area (TPSA) is 25.8 Å². The summed E-state index contributed by atoms with van der Waals surface area (Å²) in [5, 5.41) is 0. The number of alkyl halides is 1. The van der Waals surface area contributed by atoms with Gasteiger partial charge in [0.1, 0.15) is 5.82 Å². The van der Waals surface area contributed by atoms with E-state index in [0.717, 1.165) is 23.5 Å². The summed E-state index contributed by atoms with van der Waals surface area (Å²) in [7, 11) is 0. The molecule has 0 aliphatic carbocycles. The molecule has 0 bridgehead atoms. The molecule has 19 heavy (non-hydrogen) atoms. The van der Waals surface area contributed by atoms with Crippen LogP contribution in [0.15, 0.2) is 36.5 Å². The minimum Gasteiger partial charge on any atom is -0.240 e. The maximum atomic E-state index is 5.91. The summed E-state index contributed by atoms with van der Waals surface area (Å²) >= 11 is 5.91. The van der Waals surface area contributed by atoms with Gasteiger partial charge in [-0.3, -0.25) is 0 Å². The van der Waals surface area contributed by atoms with Crippen molar-refractivity contribution in [1.29, 1.82) is 0 Å². The SMILES string of the molecule is CCc1nc(C(C)(C)c2ccccc2)ncc1CCl. The third-order valence-corrected chi connectivity index (χ3v) is 3.78. The first-order valence-corrected chi connectivity index (χ1v) is 7.09. The fourth-order valence-electron chi connectivity index (χ4n) is 2.14. The van der Waals surface area contributed by atoms with E-state index in [1.807, 2.05) is 24.4 Å². The van der Waals surface area contributed by atoms with Gasteiger partial charge in [-0.2, -0.15) is 0 Å². The number of hydrogen-bond donors (Lipinski definition) is 0. The first kappa shape index (κ1) is 14.0. The largest absolute Gasteiger partial charge is 0.240 e. The van der Waals surface area contributed by atoms with Crippen LogP contribution in [0.3, 0.4) is 0 Å². The van der Waals surface area contributed by atoms with Crippen molar-refractivity contribution in [3.8, 4) is 0 Å². The molecule has 2 rings (SSSR count). The van der Waals surface area contributed by atoms with Gasteiger partial charge < -0.3 is 0 Å². The van der Waals surface area contributed by atoms with Crippen LogP contribution < -0.4 is 0 Å². The van der Waals surface area contributed by atoms with Crippen LogP contribution in [-0.4, -0.2) is 9.97 Å². The molecule has 0 N–H and O–H groups in total. The lowest BCUT2D eigenvalue weighted by molar-refractivity contribution is 0.583. The van der Waals surface area contributed by atoms with E-state index >= 15 is 0 Å². The maximum Gasteiger partial charge on any atom is 0.138 e. The third kappa shape index (κ3) is 2.79. The van der Waals surface area contributed by atoms with Gasteiger partial charge in [-0.1, -0.05) is 37.3 Å². The van der Waals surface area contributed by atoms with Crippen LogP contribution in [0.5, 0.6) is 0 Å². The van der Waals surface area contributed by atoms with Gasteiger partial charge in [0.05, 0.1) is 5.88 Å². The van der Waals surface area contributed by atoms with Gasteiger partial charge >= 0.3 is 0 Å². The van der Waals surface area contributed by atoms with E-state index in [-0.39, 0.29) is 5.41 Å². The molecule has 0 atom stereocenters. The van der Waals surface area contributed by atoms with Crippen molar-refractivity contribution in [2.24, 2.45) is 0 Å². The Labute approximate surface area is 119 Å². The van der Waals surface area contributed by atoms with Gasteiger partial charge in [-0.05, 0) is 25.8 Å². The highest BCUT2D eigenvalue weighted by Crippen LogP contribution is 2.29. The molecule has 2 nitrogen and oxygen atoms in total. The van der Waals surface area contributed by atoms with Crippen LogP contribution in [0.2, 0.25) is 0 Å². The van der Waals surface area contributed by atoms with Crippen LogP contribution in [0.1, 0.15) is 43.4 Å². The molecule has 1 aromatic heterocycles. The van der Waals surface area contributed by atoms with E-state index in [1.165, 1.54) is 5.56 Å². The van der Waals surface area contributed by atoms with Crippen LogP contribution in [0.25, 0.3) is 0 Å². The molecule has 100 valence electrons. The van der Waals surface area contributed by atoms with Crippen LogP contribution >= 0.6 is 11.6 Å². The molecule has 0 saturated heterocycles. The van der Waals surface area contributed by atoms with Crippen molar-refractivity contribution in [3.63, 3.8) is 0 Å². The van der Waals surface area contributed by atoms with Crippen molar-refractivity contribution < 1.29 is 0 Å². The van der Waals surface area contributed by atoms with Crippen LogP contribution in [0.4, 0.5) is 0 Å². The standard InChI is InChI=1S/C16H19ClN2/c1-4-14-12(10-17)11-18-15(19-14)16(2,3)13-8-6-5-7-9-13/h5-9,11H,4,10H2,1-3H3. The number of hydrogen-bond acceptors (Lipinski definition) is 2. The highest BCUT2D eigenvalue weighted by Gasteiger charge is 2.26. The zero-order chi connectivity index (χ0) is 13.9. The number of halogens is 1. The minimum atomic E-state index is -0.198. The van der Waals surface area contributed by atoms with E-state index in [0.29, 0.717) is 5.88 Å². The normalized spacial score (nSPS) is 11.6. The second-order valence-electron chi connectivity index (χ2n) is 5.14. The summed E-state index contributed by atoms with van der Waals surface area (Å²) in [5.74, 6) is 1.32. The van der Waals surface area contributed by atoms with E-state index in [9.17, 15) is 0 Å². The van der Waals surface area contributed by atoms with Gasteiger partial charge in [0.2, 0.25) is 0 Å². The zero-order valence-corrected chi connectivity index (χ0v) is 12.4. The highest BCUT2D eigenvalue weighted by atomic mass is 35.5. The average Bonchev–Trinajstić information content (AvgIpc) is 2.47. The second kappa shape index (κ2) is 5.70. The van der Waals surface area contributed by atoms with Crippen LogP contribution in [-0.2, 0) is 17.7 Å². The van der Waals surface area contributed by atoms with Crippen molar-refractivity contribution in [3.05, 3.63) is 59.2 Å². The fourth-order valence-corrected chi connectivity index (χ4v) is 2.37. The Balaban J connectivity index is 2.46. The predicted molar refractivity (Wildman–Crippen MR) is 79.5 cm³/mol. The molecule has 0 aliphatic rings. The molecule has 0 amide bonds. The molecule has 0 saturated carbocycles. The fraction of sp³-hybridized carbons (Fsp3) is 0.375. The Kier molecular flexibility index (Phi) is 4.20.